The Labute approximate surface area is 110 Å². The van der Waals surface area contributed by atoms with E-state index in [1.807, 2.05) is 36.5 Å². The molecule has 0 atom stereocenters. The molecule has 0 radical (unpaired) electrons. The molecule has 0 unspecified atom stereocenters. The van der Waals surface area contributed by atoms with Crippen LogP contribution in [0.3, 0.4) is 0 Å². The molecule has 0 saturated carbocycles. The number of benzene rings is 1. The molecule has 0 saturated heterocycles. The monoisotopic (exact) mass is 243 g/mol. The molecule has 3 nitrogen and oxygen atoms in total. The molecule has 0 aliphatic rings. The number of para-hydroxylation sites is 1. The number of hydrazone groups is 1. The molecular formula is C15H21N3. The number of hydrogen-bond donors (Lipinski definition) is 0. The van der Waals surface area contributed by atoms with Gasteiger partial charge in [-0.25, -0.2) is 0 Å². The van der Waals surface area contributed by atoms with Crippen LogP contribution in [0.5, 0.6) is 0 Å². The zero-order valence-electron chi connectivity index (χ0n) is 11.0. The summed E-state index contributed by atoms with van der Waals surface area (Å²) in [6, 6.07) is 9.49. The van der Waals surface area contributed by atoms with Crippen molar-refractivity contribution in [1.82, 2.24) is 0 Å². The molecule has 0 bridgehead atoms. The molecule has 0 N–H and O–H groups in total. The minimum Gasteiger partial charge on any atom is -0.171 e. The summed E-state index contributed by atoms with van der Waals surface area (Å²) < 4.78 is 0. The van der Waals surface area contributed by atoms with Gasteiger partial charge >= 0.3 is 0 Å². The summed E-state index contributed by atoms with van der Waals surface area (Å²) in [6.07, 6.45) is 11.1. The smallest absolute Gasteiger partial charge is 0.171 e. The Kier molecular flexibility index (Phi) is 7.31. The fourth-order valence-corrected chi connectivity index (χ4v) is 1.70. The molecule has 0 aliphatic heterocycles. The van der Waals surface area contributed by atoms with Crippen LogP contribution in [-0.2, 0) is 0 Å². The summed E-state index contributed by atoms with van der Waals surface area (Å²) in [4.78, 5) is 0. The molecule has 1 aromatic carbocycles. The predicted octanol–water partition coefficient (Wildman–Crippen LogP) is 4.32. The van der Waals surface area contributed by atoms with Gasteiger partial charge in [-0.15, -0.1) is 0 Å². The molecule has 1 aromatic rings. The Bertz CT molecular complexity index is 378. The van der Waals surface area contributed by atoms with Crippen LogP contribution in [-0.4, -0.2) is 6.21 Å². The summed E-state index contributed by atoms with van der Waals surface area (Å²) in [5.41, 5.74) is 0.808. The van der Waals surface area contributed by atoms with Crippen LogP contribution >= 0.6 is 0 Å². The van der Waals surface area contributed by atoms with Crippen molar-refractivity contribution in [1.29, 1.82) is 5.26 Å². The largest absolute Gasteiger partial charge is 0.206 e. The van der Waals surface area contributed by atoms with E-state index in [4.69, 9.17) is 5.26 Å². The second-order valence-electron chi connectivity index (χ2n) is 4.25. The zero-order valence-corrected chi connectivity index (χ0v) is 11.0. The van der Waals surface area contributed by atoms with Crippen LogP contribution in [0.15, 0.2) is 35.4 Å². The second kappa shape index (κ2) is 9.23. The first-order chi connectivity index (χ1) is 8.88. The van der Waals surface area contributed by atoms with Crippen molar-refractivity contribution in [2.45, 2.75) is 45.4 Å². The average Bonchev–Trinajstić information content (AvgIpc) is 2.43. The Morgan fingerprint density at radius 2 is 1.89 bits per heavy atom. The highest BCUT2D eigenvalue weighted by molar-refractivity contribution is 5.61. The normalized spacial score (nSPS) is 10.4. The van der Waals surface area contributed by atoms with Gasteiger partial charge in [-0.05, 0) is 25.0 Å². The lowest BCUT2D eigenvalue weighted by Crippen LogP contribution is -2.07. The number of hydrogen-bond acceptors (Lipinski definition) is 3. The number of nitrogens with zero attached hydrogens (tertiary/aromatic N) is 3. The van der Waals surface area contributed by atoms with E-state index in [-0.39, 0.29) is 0 Å². The number of unbranched alkanes of at least 4 members (excludes halogenated alkanes) is 5. The maximum absolute atomic E-state index is 9.01. The van der Waals surface area contributed by atoms with Gasteiger partial charge < -0.3 is 0 Å². The van der Waals surface area contributed by atoms with Gasteiger partial charge in [0.1, 0.15) is 0 Å². The van der Waals surface area contributed by atoms with Crippen molar-refractivity contribution in [2.75, 3.05) is 5.01 Å². The van der Waals surface area contributed by atoms with Crippen LogP contribution in [0.25, 0.3) is 0 Å². The highest BCUT2D eigenvalue weighted by Gasteiger charge is 2.00. The van der Waals surface area contributed by atoms with Gasteiger partial charge in [0.15, 0.2) is 0 Å². The summed E-state index contributed by atoms with van der Waals surface area (Å²) in [5, 5.41) is 14.5. The highest BCUT2D eigenvalue weighted by atomic mass is 15.4. The summed E-state index contributed by atoms with van der Waals surface area (Å²) >= 11 is 0. The van der Waals surface area contributed by atoms with Crippen molar-refractivity contribution in [3.8, 4) is 6.19 Å². The maximum atomic E-state index is 9.01. The fraction of sp³-hybridized carbons (Fsp3) is 0.467. The van der Waals surface area contributed by atoms with E-state index in [2.05, 4.69) is 18.2 Å². The molecule has 0 heterocycles. The van der Waals surface area contributed by atoms with Crippen molar-refractivity contribution >= 4 is 11.9 Å². The third-order valence-corrected chi connectivity index (χ3v) is 2.73. The topological polar surface area (TPSA) is 39.4 Å². The predicted molar refractivity (Wildman–Crippen MR) is 76.4 cm³/mol. The third kappa shape index (κ3) is 5.49. The first kappa shape index (κ1) is 14.2. The fourth-order valence-electron chi connectivity index (χ4n) is 1.70. The Morgan fingerprint density at radius 1 is 1.17 bits per heavy atom. The molecule has 96 valence electrons. The van der Waals surface area contributed by atoms with Crippen LogP contribution < -0.4 is 5.01 Å². The van der Waals surface area contributed by atoms with Gasteiger partial charge in [0.2, 0.25) is 6.19 Å². The van der Waals surface area contributed by atoms with E-state index < -0.39 is 0 Å². The lowest BCUT2D eigenvalue weighted by Gasteiger charge is -2.07. The van der Waals surface area contributed by atoms with E-state index in [0.717, 1.165) is 18.5 Å². The number of rotatable bonds is 8. The van der Waals surface area contributed by atoms with Gasteiger partial charge in [-0.2, -0.15) is 15.4 Å². The van der Waals surface area contributed by atoms with Crippen LogP contribution in [0, 0.1) is 11.5 Å². The molecule has 1 rings (SSSR count). The van der Waals surface area contributed by atoms with E-state index in [9.17, 15) is 0 Å². The van der Waals surface area contributed by atoms with Gasteiger partial charge in [0, 0.05) is 6.21 Å². The maximum Gasteiger partial charge on any atom is 0.206 e. The minimum atomic E-state index is 0.808. The summed E-state index contributed by atoms with van der Waals surface area (Å²) in [7, 11) is 0. The average molecular weight is 243 g/mol. The van der Waals surface area contributed by atoms with Crippen molar-refractivity contribution in [3.63, 3.8) is 0 Å². The van der Waals surface area contributed by atoms with Crippen molar-refractivity contribution < 1.29 is 0 Å². The Hall–Kier alpha value is -1.82. The molecule has 0 amide bonds. The van der Waals surface area contributed by atoms with Crippen molar-refractivity contribution in [3.05, 3.63) is 30.3 Å². The van der Waals surface area contributed by atoms with Crippen LogP contribution in [0.4, 0.5) is 5.69 Å². The standard InChI is InChI=1S/C15H21N3/c1-2-3-4-5-6-10-13-17-18(14-16)15-11-8-7-9-12-15/h7-9,11-13H,2-6,10H2,1H3/b17-13+. The van der Waals surface area contributed by atoms with Crippen LogP contribution in [0.1, 0.15) is 45.4 Å². The van der Waals surface area contributed by atoms with E-state index >= 15 is 0 Å². The lowest BCUT2D eigenvalue weighted by molar-refractivity contribution is 0.645. The Morgan fingerprint density at radius 3 is 2.56 bits per heavy atom. The highest BCUT2D eigenvalue weighted by Crippen LogP contribution is 2.12. The minimum absolute atomic E-state index is 0.808. The second-order valence-corrected chi connectivity index (χ2v) is 4.25. The molecule has 0 spiro atoms. The quantitative estimate of drug-likeness (QED) is 0.224. The first-order valence-corrected chi connectivity index (χ1v) is 6.66. The summed E-state index contributed by atoms with van der Waals surface area (Å²) in [5.74, 6) is 0. The van der Waals surface area contributed by atoms with Gasteiger partial charge in [0.25, 0.3) is 0 Å². The number of nitriles is 1. The van der Waals surface area contributed by atoms with Gasteiger partial charge in [-0.3, -0.25) is 0 Å². The van der Waals surface area contributed by atoms with Gasteiger partial charge in [0.05, 0.1) is 5.69 Å². The Balaban J connectivity index is 2.29. The van der Waals surface area contributed by atoms with Gasteiger partial charge in [-0.1, -0.05) is 50.8 Å². The summed E-state index contributed by atoms with van der Waals surface area (Å²) in [6.45, 7) is 2.21. The lowest BCUT2D eigenvalue weighted by atomic mass is 10.1. The first-order valence-electron chi connectivity index (χ1n) is 6.66. The molecule has 0 aromatic heterocycles. The van der Waals surface area contributed by atoms with Crippen molar-refractivity contribution in [2.24, 2.45) is 5.10 Å². The zero-order chi connectivity index (χ0) is 13.1. The SMILES string of the molecule is CCCCCCC/C=N/N(C#N)c1ccccc1. The molecule has 0 fully saturated rings. The number of anilines is 1. The molecule has 3 heteroatoms. The third-order valence-electron chi connectivity index (χ3n) is 2.73. The van der Waals surface area contributed by atoms with E-state index in [0.29, 0.717) is 0 Å². The molecule has 18 heavy (non-hydrogen) atoms. The molecular weight excluding hydrogens is 222 g/mol. The molecule has 0 aliphatic carbocycles. The van der Waals surface area contributed by atoms with Crippen LogP contribution in [0.2, 0.25) is 0 Å². The van der Waals surface area contributed by atoms with E-state index in [1.54, 1.807) is 0 Å². The van der Waals surface area contributed by atoms with E-state index in [1.165, 1.54) is 30.7 Å².